The summed E-state index contributed by atoms with van der Waals surface area (Å²) < 4.78 is 0. The molecule has 0 unspecified atom stereocenters. The van der Waals surface area contributed by atoms with Crippen molar-refractivity contribution in [3.05, 3.63) is 47.2 Å². The van der Waals surface area contributed by atoms with E-state index in [1.54, 1.807) is 7.05 Å². The molecule has 2 aliphatic heterocycles. The van der Waals surface area contributed by atoms with Crippen molar-refractivity contribution in [1.29, 1.82) is 0 Å². The van der Waals surface area contributed by atoms with Gasteiger partial charge in [0.1, 0.15) is 5.70 Å². The van der Waals surface area contributed by atoms with Crippen molar-refractivity contribution in [2.75, 3.05) is 20.3 Å². The van der Waals surface area contributed by atoms with E-state index in [0.29, 0.717) is 30.4 Å². The zero-order chi connectivity index (χ0) is 17.4. The number of hydrogen-bond acceptors (Lipinski definition) is 4. The van der Waals surface area contributed by atoms with E-state index in [9.17, 15) is 9.59 Å². The fourth-order valence-corrected chi connectivity index (χ4v) is 4.32. The minimum Gasteiger partial charge on any atom is -0.349 e. The highest BCUT2D eigenvalue weighted by Gasteiger charge is 2.43. The number of carbonyl (C=O) groups excluding carboxylic acids is 2. The van der Waals surface area contributed by atoms with Gasteiger partial charge in [-0.1, -0.05) is 49.6 Å². The summed E-state index contributed by atoms with van der Waals surface area (Å²) in [5.41, 5.74) is 2.46. The van der Waals surface area contributed by atoms with Crippen molar-refractivity contribution < 1.29 is 9.59 Å². The molecule has 3 aliphatic rings. The number of likely N-dealkylation sites (N-methyl/N-ethyl adjacent to an activating group) is 1. The monoisotopic (exact) mass is 339 g/mol. The van der Waals surface area contributed by atoms with Crippen LogP contribution in [0.4, 0.5) is 0 Å². The number of carbonyl (C=O) groups is 2. The number of benzene rings is 1. The highest BCUT2D eigenvalue weighted by Crippen LogP contribution is 2.32. The summed E-state index contributed by atoms with van der Waals surface area (Å²) in [6, 6.07) is 10.7. The maximum absolute atomic E-state index is 12.6. The topological polar surface area (TPSA) is 43.9 Å². The molecule has 0 atom stereocenters. The van der Waals surface area contributed by atoms with E-state index in [0.717, 1.165) is 12.2 Å². The van der Waals surface area contributed by atoms with Crippen LogP contribution in [0.3, 0.4) is 0 Å². The van der Waals surface area contributed by atoms with Crippen molar-refractivity contribution in [2.45, 2.75) is 44.7 Å². The first kappa shape index (κ1) is 16.3. The van der Waals surface area contributed by atoms with Gasteiger partial charge in [0.05, 0.1) is 12.2 Å². The van der Waals surface area contributed by atoms with Crippen LogP contribution in [-0.4, -0.2) is 52.8 Å². The second-order valence-corrected chi connectivity index (χ2v) is 7.36. The summed E-state index contributed by atoms with van der Waals surface area (Å²) >= 11 is 0. The molecule has 1 saturated carbocycles. The summed E-state index contributed by atoms with van der Waals surface area (Å²) in [7, 11) is 1.59. The van der Waals surface area contributed by atoms with Gasteiger partial charge in [-0.3, -0.25) is 19.4 Å². The molecule has 0 spiro atoms. The Kier molecular flexibility index (Phi) is 4.34. The maximum atomic E-state index is 12.6. The SMILES string of the molecule is CN1C(=O)C2=C(C1=O)N(Cc1ccccc1)CN(C1CCCCC1)C2. The lowest BCUT2D eigenvalue weighted by atomic mass is 9.93. The van der Waals surface area contributed by atoms with Gasteiger partial charge < -0.3 is 4.90 Å². The van der Waals surface area contributed by atoms with Crippen molar-refractivity contribution >= 4 is 11.8 Å². The molecule has 1 fully saturated rings. The van der Waals surface area contributed by atoms with Crippen LogP contribution in [0.5, 0.6) is 0 Å². The molecule has 1 aromatic rings. The molecule has 2 heterocycles. The van der Waals surface area contributed by atoms with Crippen LogP contribution in [0.1, 0.15) is 37.7 Å². The molecule has 0 N–H and O–H groups in total. The largest absolute Gasteiger partial charge is 0.349 e. The van der Waals surface area contributed by atoms with Gasteiger partial charge in [0.2, 0.25) is 0 Å². The second-order valence-electron chi connectivity index (χ2n) is 7.36. The second kappa shape index (κ2) is 6.64. The van der Waals surface area contributed by atoms with Gasteiger partial charge in [-0.05, 0) is 18.4 Å². The average molecular weight is 339 g/mol. The van der Waals surface area contributed by atoms with Gasteiger partial charge in [-0.25, -0.2) is 0 Å². The Morgan fingerprint density at radius 2 is 1.72 bits per heavy atom. The molecule has 132 valence electrons. The molecular formula is C20H25N3O2. The maximum Gasteiger partial charge on any atom is 0.277 e. The van der Waals surface area contributed by atoms with Crippen molar-refractivity contribution in [3.8, 4) is 0 Å². The van der Waals surface area contributed by atoms with Crippen LogP contribution in [-0.2, 0) is 16.1 Å². The van der Waals surface area contributed by atoms with Crippen molar-refractivity contribution in [1.82, 2.24) is 14.7 Å². The Morgan fingerprint density at radius 1 is 1.00 bits per heavy atom. The van der Waals surface area contributed by atoms with E-state index in [2.05, 4.69) is 21.9 Å². The van der Waals surface area contributed by atoms with Crippen LogP contribution in [0.2, 0.25) is 0 Å². The van der Waals surface area contributed by atoms with Crippen molar-refractivity contribution in [2.24, 2.45) is 0 Å². The molecule has 1 aromatic carbocycles. The third-order valence-electron chi connectivity index (χ3n) is 5.69. The summed E-state index contributed by atoms with van der Waals surface area (Å²) in [6.07, 6.45) is 6.22. The summed E-state index contributed by atoms with van der Waals surface area (Å²) in [5, 5.41) is 0. The Bertz CT molecular complexity index is 707. The summed E-state index contributed by atoms with van der Waals surface area (Å²) in [6.45, 7) is 2.00. The molecular weight excluding hydrogens is 314 g/mol. The molecule has 2 amide bonds. The highest BCUT2D eigenvalue weighted by molar-refractivity contribution is 6.19. The van der Waals surface area contributed by atoms with Gasteiger partial charge in [-0.2, -0.15) is 0 Å². The minimum absolute atomic E-state index is 0.126. The number of nitrogens with zero attached hydrogens (tertiary/aromatic N) is 3. The van der Waals surface area contributed by atoms with Crippen LogP contribution in [0.15, 0.2) is 41.6 Å². The lowest BCUT2D eigenvalue weighted by Crippen LogP contribution is -2.49. The van der Waals surface area contributed by atoms with Gasteiger partial charge in [0.25, 0.3) is 11.8 Å². The molecule has 0 saturated heterocycles. The molecule has 25 heavy (non-hydrogen) atoms. The van der Waals surface area contributed by atoms with Crippen LogP contribution in [0, 0.1) is 0 Å². The van der Waals surface area contributed by atoms with Crippen LogP contribution < -0.4 is 0 Å². The van der Waals surface area contributed by atoms with E-state index in [-0.39, 0.29) is 11.8 Å². The van der Waals surface area contributed by atoms with Gasteiger partial charge in [0.15, 0.2) is 0 Å². The van der Waals surface area contributed by atoms with E-state index in [4.69, 9.17) is 0 Å². The highest BCUT2D eigenvalue weighted by atomic mass is 16.2. The predicted octanol–water partition coefficient (Wildman–Crippen LogP) is 2.35. The quantitative estimate of drug-likeness (QED) is 0.793. The number of rotatable bonds is 3. The smallest absolute Gasteiger partial charge is 0.277 e. The zero-order valence-electron chi connectivity index (χ0n) is 14.8. The molecule has 0 aromatic heterocycles. The minimum atomic E-state index is -0.153. The Balaban J connectivity index is 1.64. The fraction of sp³-hybridized carbons (Fsp3) is 0.500. The first-order valence-electron chi connectivity index (χ1n) is 9.23. The summed E-state index contributed by atoms with van der Waals surface area (Å²) in [5.74, 6) is -0.280. The number of imide groups is 1. The average Bonchev–Trinajstić information content (AvgIpc) is 2.88. The Morgan fingerprint density at radius 3 is 2.44 bits per heavy atom. The zero-order valence-corrected chi connectivity index (χ0v) is 14.8. The van der Waals surface area contributed by atoms with E-state index < -0.39 is 0 Å². The van der Waals surface area contributed by atoms with Crippen LogP contribution in [0.25, 0.3) is 0 Å². The third-order valence-corrected chi connectivity index (χ3v) is 5.69. The Labute approximate surface area is 148 Å². The molecule has 0 radical (unpaired) electrons. The van der Waals surface area contributed by atoms with Gasteiger partial charge in [0, 0.05) is 26.2 Å². The number of hydrogen-bond donors (Lipinski definition) is 0. The number of amides is 2. The van der Waals surface area contributed by atoms with E-state index in [1.165, 1.54) is 37.0 Å². The van der Waals surface area contributed by atoms with Crippen molar-refractivity contribution in [3.63, 3.8) is 0 Å². The fourth-order valence-electron chi connectivity index (χ4n) is 4.32. The normalized spacial score (nSPS) is 22.8. The molecule has 5 nitrogen and oxygen atoms in total. The van der Waals surface area contributed by atoms with Gasteiger partial charge in [-0.15, -0.1) is 0 Å². The summed E-state index contributed by atoms with van der Waals surface area (Å²) in [4.78, 5) is 31.0. The lowest BCUT2D eigenvalue weighted by Gasteiger charge is -2.42. The van der Waals surface area contributed by atoms with E-state index in [1.807, 2.05) is 18.2 Å². The molecule has 5 heteroatoms. The molecule has 1 aliphatic carbocycles. The lowest BCUT2D eigenvalue weighted by molar-refractivity contribution is -0.136. The first-order valence-corrected chi connectivity index (χ1v) is 9.23. The first-order chi connectivity index (χ1) is 12.1. The Hall–Kier alpha value is -2.14. The van der Waals surface area contributed by atoms with Crippen LogP contribution >= 0.6 is 0 Å². The molecule has 4 rings (SSSR count). The molecule has 0 bridgehead atoms. The predicted molar refractivity (Wildman–Crippen MR) is 95.2 cm³/mol. The third kappa shape index (κ3) is 2.97. The van der Waals surface area contributed by atoms with Gasteiger partial charge >= 0.3 is 0 Å². The standard InChI is InChI=1S/C20H25N3O2/c1-21-19(24)17-13-22(16-10-6-3-7-11-16)14-23(18(17)20(21)25)12-15-8-4-2-5-9-15/h2,4-5,8-9,16H,3,6-7,10-14H2,1H3. The van der Waals surface area contributed by atoms with E-state index >= 15 is 0 Å².